The Hall–Kier alpha value is -3.25. The second kappa shape index (κ2) is 7.33. The largest absolute Gasteiger partial charge is 0.545 e. The molecule has 3 aromatic rings. The van der Waals surface area contributed by atoms with Gasteiger partial charge in [0.2, 0.25) is 0 Å². The molecule has 0 fully saturated rings. The zero-order valence-corrected chi connectivity index (χ0v) is 14.7. The molecule has 2 N–H and O–H groups in total. The molecule has 0 heterocycles. The molecular formula is C20H15N2O3S-. The maximum atomic E-state index is 12.4. The first kappa shape index (κ1) is 17.6. The van der Waals surface area contributed by atoms with Crippen molar-refractivity contribution >= 4 is 45.7 Å². The van der Waals surface area contributed by atoms with E-state index in [2.05, 4.69) is 10.6 Å². The molecule has 0 aliphatic carbocycles. The Morgan fingerprint density at radius 2 is 1.62 bits per heavy atom. The highest BCUT2D eigenvalue weighted by Crippen LogP contribution is 2.17. The van der Waals surface area contributed by atoms with E-state index in [0.29, 0.717) is 11.3 Å². The highest BCUT2D eigenvalue weighted by atomic mass is 32.1. The number of carbonyl (C=O) groups excluding carboxylic acids is 2. The molecule has 0 atom stereocenters. The van der Waals surface area contributed by atoms with E-state index < -0.39 is 5.97 Å². The summed E-state index contributed by atoms with van der Waals surface area (Å²) in [5.41, 5.74) is 1.79. The Labute approximate surface area is 155 Å². The number of hydrogen-bond acceptors (Lipinski definition) is 4. The molecule has 130 valence electrons. The van der Waals surface area contributed by atoms with E-state index in [4.69, 9.17) is 12.2 Å². The van der Waals surface area contributed by atoms with Crippen LogP contribution in [0.2, 0.25) is 0 Å². The van der Waals surface area contributed by atoms with E-state index in [-0.39, 0.29) is 16.6 Å². The predicted octanol–water partition coefficient (Wildman–Crippen LogP) is 2.64. The maximum absolute atomic E-state index is 12.4. The second-order valence-corrected chi connectivity index (χ2v) is 6.20. The number of benzene rings is 3. The number of hydrogen-bond donors (Lipinski definition) is 2. The Kier molecular flexibility index (Phi) is 4.95. The van der Waals surface area contributed by atoms with Gasteiger partial charge in [0.15, 0.2) is 5.11 Å². The zero-order chi connectivity index (χ0) is 18.7. The zero-order valence-electron chi connectivity index (χ0n) is 13.9. The number of fused-ring (bicyclic) bond motifs is 1. The van der Waals surface area contributed by atoms with Gasteiger partial charge in [-0.05, 0) is 59.2 Å². The molecule has 0 saturated heterocycles. The van der Waals surface area contributed by atoms with Gasteiger partial charge in [-0.3, -0.25) is 10.1 Å². The van der Waals surface area contributed by atoms with Crippen LogP contribution in [0, 0.1) is 6.92 Å². The fourth-order valence-electron chi connectivity index (χ4n) is 2.54. The summed E-state index contributed by atoms with van der Waals surface area (Å²) >= 11 is 5.17. The normalized spacial score (nSPS) is 10.3. The summed E-state index contributed by atoms with van der Waals surface area (Å²) in [4.78, 5) is 23.4. The molecule has 0 saturated carbocycles. The van der Waals surface area contributed by atoms with Crippen molar-refractivity contribution in [2.24, 2.45) is 0 Å². The van der Waals surface area contributed by atoms with Crippen LogP contribution in [0.1, 0.15) is 26.3 Å². The molecule has 0 unspecified atom stereocenters. The molecule has 1 amide bonds. The number of carboxylic acid groups (broad SMARTS) is 1. The highest BCUT2D eigenvalue weighted by Gasteiger charge is 2.10. The van der Waals surface area contributed by atoms with Crippen LogP contribution >= 0.6 is 12.2 Å². The molecule has 5 nitrogen and oxygen atoms in total. The van der Waals surface area contributed by atoms with Crippen molar-refractivity contribution in [3.05, 3.63) is 77.4 Å². The number of aryl methyl sites for hydroxylation is 1. The Balaban J connectivity index is 1.74. The van der Waals surface area contributed by atoms with Gasteiger partial charge in [-0.1, -0.05) is 42.5 Å². The average Bonchev–Trinajstić information content (AvgIpc) is 2.62. The molecule has 0 radical (unpaired) electrons. The fourth-order valence-corrected chi connectivity index (χ4v) is 2.75. The van der Waals surface area contributed by atoms with E-state index in [9.17, 15) is 14.7 Å². The van der Waals surface area contributed by atoms with E-state index in [1.807, 2.05) is 30.3 Å². The van der Waals surface area contributed by atoms with Crippen LogP contribution in [0.25, 0.3) is 10.8 Å². The van der Waals surface area contributed by atoms with Crippen LogP contribution in [-0.2, 0) is 0 Å². The molecule has 0 aliphatic rings. The first-order valence-corrected chi connectivity index (χ1v) is 8.28. The lowest BCUT2D eigenvalue weighted by Crippen LogP contribution is -2.34. The minimum Gasteiger partial charge on any atom is -0.545 e. The number of carboxylic acids is 1. The molecule has 26 heavy (non-hydrogen) atoms. The van der Waals surface area contributed by atoms with Crippen molar-refractivity contribution in [2.45, 2.75) is 6.92 Å². The number of thiocarbonyl (C=S) groups is 1. The summed E-state index contributed by atoms with van der Waals surface area (Å²) in [6.45, 7) is 1.80. The van der Waals surface area contributed by atoms with Gasteiger partial charge in [0.25, 0.3) is 5.91 Å². The van der Waals surface area contributed by atoms with Gasteiger partial charge in [0.1, 0.15) is 0 Å². The average molecular weight is 363 g/mol. The minimum absolute atomic E-state index is 0.0294. The maximum Gasteiger partial charge on any atom is 0.257 e. The molecule has 0 bridgehead atoms. The van der Waals surface area contributed by atoms with Crippen LogP contribution in [0.3, 0.4) is 0 Å². The molecule has 0 aliphatic heterocycles. The van der Waals surface area contributed by atoms with Crippen molar-refractivity contribution in [1.29, 1.82) is 0 Å². The van der Waals surface area contributed by atoms with Gasteiger partial charge in [-0.25, -0.2) is 0 Å². The van der Waals surface area contributed by atoms with Gasteiger partial charge in [-0.15, -0.1) is 0 Å². The Morgan fingerprint density at radius 3 is 2.35 bits per heavy atom. The quantitative estimate of drug-likeness (QED) is 0.699. The summed E-state index contributed by atoms with van der Waals surface area (Å²) < 4.78 is 0. The SMILES string of the molecule is Cc1ccc(C(=O)[O-])cc1NC(=S)NC(=O)c1ccc2ccccc2c1. The van der Waals surface area contributed by atoms with Gasteiger partial charge in [0, 0.05) is 11.3 Å². The van der Waals surface area contributed by atoms with Gasteiger partial charge in [0.05, 0.1) is 5.97 Å². The smallest absolute Gasteiger partial charge is 0.257 e. The molecule has 6 heteroatoms. The first-order valence-electron chi connectivity index (χ1n) is 7.87. The fraction of sp³-hybridized carbons (Fsp3) is 0.0500. The van der Waals surface area contributed by atoms with Crippen molar-refractivity contribution < 1.29 is 14.7 Å². The van der Waals surface area contributed by atoms with E-state index in [1.54, 1.807) is 25.1 Å². The Bertz CT molecular complexity index is 1030. The summed E-state index contributed by atoms with van der Waals surface area (Å²) in [7, 11) is 0. The van der Waals surface area contributed by atoms with Crippen molar-refractivity contribution in [2.75, 3.05) is 5.32 Å². The van der Waals surface area contributed by atoms with Crippen molar-refractivity contribution in [3.8, 4) is 0 Å². The molecule has 0 spiro atoms. The summed E-state index contributed by atoms with van der Waals surface area (Å²) in [5.74, 6) is -1.62. The number of aromatic carboxylic acids is 1. The molecule has 3 rings (SSSR count). The summed E-state index contributed by atoms with van der Waals surface area (Å²) in [6, 6.07) is 17.6. The van der Waals surface area contributed by atoms with E-state index >= 15 is 0 Å². The van der Waals surface area contributed by atoms with E-state index in [1.165, 1.54) is 12.1 Å². The van der Waals surface area contributed by atoms with Crippen LogP contribution in [-0.4, -0.2) is 17.0 Å². The lowest BCUT2D eigenvalue weighted by Gasteiger charge is -2.14. The number of nitrogens with one attached hydrogen (secondary N) is 2. The van der Waals surface area contributed by atoms with Crippen LogP contribution in [0.15, 0.2) is 60.7 Å². The predicted molar refractivity (Wildman–Crippen MR) is 103 cm³/mol. The highest BCUT2D eigenvalue weighted by molar-refractivity contribution is 7.80. The third-order valence-electron chi connectivity index (χ3n) is 3.96. The lowest BCUT2D eigenvalue weighted by molar-refractivity contribution is -0.255. The van der Waals surface area contributed by atoms with Gasteiger partial charge >= 0.3 is 0 Å². The third-order valence-corrected chi connectivity index (χ3v) is 4.16. The standard InChI is InChI=1S/C20H16N2O3S/c1-12-6-7-16(19(24)25)11-17(12)21-20(26)22-18(23)15-9-8-13-4-2-3-5-14(13)10-15/h2-11H,1H3,(H,24,25)(H2,21,22,23,26)/p-1. The van der Waals surface area contributed by atoms with Gasteiger partial charge < -0.3 is 15.2 Å². The Morgan fingerprint density at radius 1 is 0.923 bits per heavy atom. The summed E-state index contributed by atoms with van der Waals surface area (Å²) in [5, 5.41) is 18.5. The lowest BCUT2D eigenvalue weighted by atomic mass is 10.1. The molecule has 3 aromatic carbocycles. The van der Waals surface area contributed by atoms with Crippen LogP contribution in [0.4, 0.5) is 5.69 Å². The van der Waals surface area contributed by atoms with Crippen molar-refractivity contribution in [1.82, 2.24) is 5.32 Å². The second-order valence-electron chi connectivity index (χ2n) is 5.79. The number of rotatable bonds is 3. The van der Waals surface area contributed by atoms with Crippen LogP contribution in [0.5, 0.6) is 0 Å². The summed E-state index contributed by atoms with van der Waals surface area (Å²) in [6.07, 6.45) is 0. The monoisotopic (exact) mass is 363 g/mol. The van der Waals surface area contributed by atoms with Crippen molar-refractivity contribution in [3.63, 3.8) is 0 Å². The first-order chi connectivity index (χ1) is 12.4. The van der Waals surface area contributed by atoms with Crippen LogP contribution < -0.4 is 15.7 Å². The number of amides is 1. The molecule has 0 aromatic heterocycles. The molecular weight excluding hydrogens is 348 g/mol. The minimum atomic E-state index is -1.28. The van der Waals surface area contributed by atoms with E-state index in [0.717, 1.165) is 16.3 Å². The number of anilines is 1. The third kappa shape index (κ3) is 3.87. The van der Waals surface area contributed by atoms with Gasteiger partial charge in [-0.2, -0.15) is 0 Å². The topological polar surface area (TPSA) is 81.3 Å². The number of carbonyl (C=O) groups is 2.